The van der Waals surface area contributed by atoms with Crippen LogP contribution in [0.15, 0.2) is 12.4 Å². The summed E-state index contributed by atoms with van der Waals surface area (Å²) < 4.78 is 5.34. The van der Waals surface area contributed by atoms with Crippen molar-refractivity contribution in [3.63, 3.8) is 0 Å². The lowest BCUT2D eigenvalue weighted by Crippen LogP contribution is -2.53. The molecule has 7 nitrogen and oxygen atoms in total. The number of ether oxygens (including phenoxy) is 1. The average Bonchev–Trinajstić information content (AvgIpc) is 2.62. The Morgan fingerprint density at radius 1 is 1.27 bits per heavy atom. The molecule has 2 saturated heterocycles. The van der Waals surface area contributed by atoms with Gasteiger partial charge in [-0.1, -0.05) is 6.92 Å². The Morgan fingerprint density at radius 3 is 2.62 bits per heavy atom. The molecule has 26 heavy (non-hydrogen) atoms. The van der Waals surface area contributed by atoms with Gasteiger partial charge in [-0.15, -0.1) is 0 Å². The minimum absolute atomic E-state index is 0.117. The molecule has 1 N–H and O–H groups in total. The summed E-state index contributed by atoms with van der Waals surface area (Å²) in [6, 6.07) is 0. The molecule has 1 aromatic heterocycles. The van der Waals surface area contributed by atoms with Crippen molar-refractivity contribution in [2.24, 2.45) is 5.92 Å². The predicted molar refractivity (Wildman–Crippen MR) is 101 cm³/mol. The van der Waals surface area contributed by atoms with Crippen LogP contribution in [0.2, 0.25) is 0 Å². The Bertz CT molecular complexity index is 598. The molecule has 3 rings (SSSR count). The number of carbonyl (C=O) groups excluding carboxylic acids is 1. The van der Waals surface area contributed by atoms with E-state index in [1.807, 2.05) is 0 Å². The molecule has 2 fully saturated rings. The number of hydrogen-bond donors (Lipinski definition) is 1. The number of aromatic nitrogens is 2. The Morgan fingerprint density at radius 2 is 1.96 bits per heavy atom. The maximum atomic E-state index is 12.6. The number of likely N-dealkylation sites (tertiary alicyclic amines) is 1. The molecule has 1 atom stereocenters. The van der Waals surface area contributed by atoms with Gasteiger partial charge in [0.05, 0.1) is 18.8 Å². The van der Waals surface area contributed by atoms with Gasteiger partial charge in [0, 0.05) is 44.1 Å². The summed E-state index contributed by atoms with van der Waals surface area (Å²) in [5, 5.41) is 3.14. The van der Waals surface area contributed by atoms with E-state index < -0.39 is 0 Å². The van der Waals surface area contributed by atoms with Crippen molar-refractivity contribution in [3.8, 4) is 0 Å². The van der Waals surface area contributed by atoms with Crippen LogP contribution in [0, 0.1) is 5.92 Å². The predicted octanol–water partition coefficient (Wildman–Crippen LogP) is 1.55. The summed E-state index contributed by atoms with van der Waals surface area (Å²) in [6.07, 6.45) is 5.77. The maximum absolute atomic E-state index is 12.6. The highest BCUT2D eigenvalue weighted by Crippen LogP contribution is 2.18. The van der Waals surface area contributed by atoms with Crippen molar-refractivity contribution >= 4 is 11.9 Å². The average molecular weight is 361 g/mol. The van der Waals surface area contributed by atoms with Crippen LogP contribution in [-0.4, -0.2) is 72.3 Å². The second-order valence-electron chi connectivity index (χ2n) is 8.19. The lowest BCUT2D eigenvalue weighted by atomic mass is 9.97. The number of anilines is 1. The van der Waals surface area contributed by atoms with E-state index in [1.54, 1.807) is 12.4 Å². The zero-order valence-corrected chi connectivity index (χ0v) is 16.2. The minimum atomic E-state index is -0.295. The third-order valence-electron chi connectivity index (χ3n) is 5.01. The molecule has 2 aliphatic heterocycles. The van der Waals surface area contributed by atoms with Gasteiger partial charge in [-0.2, -0.15) is 0 Å². The van der Waals surface area contributed by atoms with E-state index in [1.165, 1.54) is 12.8 Å². The number of nitrogens with one attached hydrogen (secondary N) is 1. The quantitative estimate of drug-likeness (QED) is 0.858. The molecule has 1 amide bonds. The zero-order valence-electron chi connectivity index (χ0n) is 16.2. The third-order valence-corrected chi connectivity index (χ3v) is 5.01. The molecule has 7 heteroatoms. The van der Waals surface area contributed by atoms with Crippen LogP contribution in [0.25, 0.3) is 0 Å². The number of nitrogens with zero attached hydrogens (tertiary/aromatic N) is 4. The number of rotatable bonds is 5. The standard InChI is InChI=1S/C19H31N5O2/c1-15-5-4-6-23(13-15)14-19(2,3)22-17(25)16-11-20-18(21-12-16)24-7-9-26-10-8-24/h11-12,15H,4-10,13-14H2,1-3H3,(H,22,25)/t15-/m1/s1. The monoisotopic (exact) mass is 361 g/mol. The Kier molecular flexibility index (Phi) is 6.09. The zero-order chi connectivity index (χ0) is 18.6. The molecule has 0 radical (unpaired) electrons. The van der Waals surface area contributed by atoms with E-state index in [0.717, 1.165) is 38.6 Å². The lowest BCUT2D eigenvalue weighted by Gasteiger charge is -2.37. The topological polar surface area (TPSA) is 70.6 Å². The first-order valence-corrected chi connectivity index (χ1v) is 9.62. The van der Waals surface area contributed by atoms with E-state index in [4.69, 9.17) is 4.74 Å². The molecular formula is C19H31N5O2. The number of carbonyl (C=O) groups is 1. The first kappa shape index (κ1) is 19.0. The van der Waals surface area contributed by atoms with Crippen molar-refractivity contribution in [1.82, 2.24) is 20.2 Å². The smallest absolute Gasteiger partial charge is 0.254 e. The molecule has 0 aliphatic carbocycles. The third kappa shape index (κ3) is 5.14. The lowest BCUT2D eigenvalue weighted by molar-refractivity contribution is 0.0862. The number of amides is 1. The van der Waals surface area contributed by atoms with Crippen LogP contribution in [0.3, 0.4) is 0 Å². The van der Waals surface area contributed by atoms with E-state index in [2.05, 4.69) is 45.9 Å². The molecule has 0 bridgehead atoms. The summed E-state index contributed by atoms with van der Waals surface area (Å²) in [6.45, 7) is 12.5. The summed E-state index contributed by atoms with van der Waals surface area (Å²) in [7, 11) is 0. The van der Waals surface area contributed by atoms with Crippen LogP contribution in [0.1, 0.15) is 44.0 Å². The van der Waals surface area contributed by atoms with Gasteiger partial charge >= 0.3 is 0 Å². The summed E-state index contributed by atoms with van der Waals surface area (Å²) >= 11 is 0. The van der Waals surface area contributed by atoms with Crippen molar-refractivity contribution in [2.75, 3.05) is 50.8 Å². The Hall–Kier alpha value is -1.73. The second kappa shape index (κ2) is 8.31. The molecule has 0 unspecified atom stereocenters. The van der Waals surface area contributed by atoms with Crippen molar-refractivity contribution < 1.29 is 9.53 Å². The van der Waals surface area contributed by atoms with Crippen molar-refractivity contribution in [3.05, 3.63) is 18.0 Å². The van der Waals surface area contributed by atoms with Crippen LogP contribution in [0.4, 0.5) is 5.95 Å². The fraction of sp³-hybridized carbons (Fsp3) is 0.737. The molecule has 0 spiro atoms. The highest BCUT2D eigenvalue weighted by atomic mass is 16.5. The molecule has 1 aromatic rings. The maximum Gasteiger partial charge on any atom is 0.254 e. The van der Waals surface area contributed by atoms with Crippen molar-refractivity contribution in [1.29, 1.82) is 0 Å². The van der Waals surface area contributed by atoms with Crippen LogP contribution in [0.5, 0.6) is 0 Å². The Balaban J connectivity index is 1.56. The number of morpholine rings is 1. The molecule has 0 aromatic carbocycles. The van der Waals surface area contributed by atoms with Gasteiger partial charge in [0.1, 0.15) is 0 Å². The summed E-state index contributed by atoms with van der Waals surface area (Å²) in [5.41, 5.74) is 0.207. The molecule has 0 saturated carbocycles. The van der Waals surface area contributed by atoms with Crippen molar-refractivity contribution in [2.45, 2.75) is 39.2 Å². The Labute approximate surface area is 156 Å². The van der Waals surface area contributed by atoms with Gasteiger partial charge in [-0.25, -0.2) is 9.97 Å². The second-order valence-corrected chi connectivity index (χ2v) is 8.19. The van der Waals surface area contributed by atoms with E-state index in [-0.39, 0.29) is 11.4 Å². The largest absolute Gasteiger partial charge is 0.378 e. The minimum Gasteiger partial charge on any atom is -0.378 e. The van der Waals surface area contributed by atoms with E-state index in [0.29, 0.717) is 24.7 Å². The van der Waals surface area contributed by atoms with Gasteiger partial charge in [-0.3, -0.25) is 4.79 Å². The number of piperidine rings is 1. The van der Waals surface area contributed by atoms with Gasteiger partial charge in [0.25, 0.3) is 5.91 Å². The normalized spacial score (nSPS) is 22.3. The SMILES string of the molecule is C[C@@H]1CCCN(CC(C)(C)NC(=O)c2cnc(N3CCOCC3)nc2)C1. The molecule has 144 valence electrons. The first-order valence-electron chi connectivity index (χ1n) is 9.62. The van der Waals surface area contributed by atoms with Crippen LogP contribution >= 0.6 is 0 Å². The first-order chi connectivity index (χ1) is 12.4. The van der Waals surface area contributed by atoms with Gasteiger partial charge in [0.2, 0.25) is 5.95 Å². The fourth-order valence-electron chi connectivity index (χ4n) is 3.77. The molecule has 3 heterocycles. The van der Waals surface area contributed by atoms with E-state index >= 15 is 0 Å². The van der Waals surface area contributed by atoms with Gasteiger partial charge < -0.3 is 19.9 Å². The van der Waals surface area contributed by atoms with E-state index in [9.17, 15) is 4.79 Å². The highest BCUT2D eigenvalue weighted by molar-refractivity contribution is 5.94. The molecule has 2 aliphatic rings. The molecular weight excluding hydrogens is 330 g/mol. The fourth-order valence-corrected chi connectivity index (χ4v) is 3.77. The summed E-state index contributed by atoms with van der Waals surface area (Å²) in [5.74, 6) is 1.27. The van der Waals surface area contributed by atoms with Crippen LogP contribution in [-0.2, 0) is 4.74 Å². The summed E-state index contributed by atoms with van der Waals surface area (Å²) in [4.78, 5) is 25.9. The highest BCUT2D eigenvalue weighted by Gasteiger charge is 2.27. The van der Waals surface area contributed by atoms with Gasteiger partial charge in [0.15, 0.2) is 0 Å². The van der Waals surface area contributed by atoms with Crippen LogP contribution < -0.4 is 10.2 Å². The number of hydrogen-bond acceptors (Lipinski definition) is 6. The van der Waals surface area contributed by atoms with Gasteiger partial charge in [-0.05, 0) is 39.2 Å².